The largest absolute Gasteiger partial charge is 0.392 e. The van der Waals surface area contributed by atoms with Gasteiger partial charge in [-0.15, -0.1) is 0 Å². The fourth-order valence-electron chi connectivity index (χ4n) is 3.31. The van der Waals surface area contributed by atoms with Crippen LogP contribution in [0.2, 0.25) is 0 Å². The Bertz CT molecular complexity index is 377. The zero-order valence-corrected chi connectivity index (χ0v) is 11.1. The van der Waals surface area contributed by atoms with Gasteiger partial charge >= 0.3 is 0 Å². The topological polar surface area (TPSA) is 20.2 Å². The Morgan fingerprint density at radius 2 is 2.11 bits per heavy atom. The van der Waals surface area contributed by atoms with Crippen molar-refractivity contribution >= 4 is 0 Å². The highest BCUT2D eigenvalue weighted by Gasteiger charge is 2.29. The molecule has 2 rings (SSSR count). The Morgan fingerprint density at radius 1 is 1.33 bits per heavy atom. The Kier molecular flexibility index (Phi) is 4.76. The van der Waals surface area contributed by atoms with E-state index >= 15 is 0 Å². The van der Waals surface area contributed by atoms with Gasteiger partial charge in [-0.25, -0.2) is 4.39 Å². The van der Waals surface area contributed by atoms with E-state index in [0.717, 1.165) is 18.4 Å². The first-order valence-corrected chi connectivity index (χ1v) is 7.13. The Hall–Kier alpha value is -0.890. The van der Waals surface area contributed by atoms with Crippen molar-refractivity contribution in [3.8, 4) is 0 Å². The van der Waals surface area contributed by atoms with Crippen LogP contribution < -0.4 is 0 Å². The lowest BCUT2D eigenvalue weighted by Gasteiger charge is -2.34. The number of rotatable bonds is 4. The van der Waals surface area contributed by atoms with Gasteiger partial charge in [0.05, 0.1) is 6.10 Å². The molecule has 0 bridgehead atoms. The van der Waals surface area contributed by atoms with Gasteiger partial charge in [-0.2, -0.15) is 0 Å². The summed E-state index contributed by atoms with van der Waals surface area (Å²) in [6.45, 7) is 2.21. The molecule has 0 aliphatic heterocycles. The van der Waals surface area contributed by atoms with Crippen molar-refractivity contribution in [1.29, 1.82) is 0 Å². The second-order valence-electron chi connectivity index (χ2n) is 5.52. The SMILES string of the molecule is CCC1CCCCC1C(O)Cc1cccc(F)c1. The van der Waals surface area contributed by atoms with Crippen molar-refractivity contribution in [2.24, 2.45) is 11.8 Å². The van der Waals surface area contributed by atoms with E-state index in [1.807, 2.05) is 6.07 Å². The second-order valence-corrected chi connectivity index (χ2v) is 5.52. The summed E-state index contributed by atoms with van der Waals surface area (Å²) >= 11 is 0. The number of halogens is 1. The van der Waals surface area contributed by atoms with Gasteiger partial charge in [0, 0.05) is 0 Å². The van der Waals surface area contributed by atoms with E-state index in [1.165, 1.54) is 31.4 Å². The third-order valence-electron chi connectivity index (χ3n) is 4.32. The van der Waals surface area contributed by atoms with Gasteiger partial charge in [-0.1, -0.05) is 44.7 Å². The van der Waals surface area contributed by atoms with Gasteiger partial charge in [-0.3, -0.25) is 0 Å². The van der Waals surface area contributed by atoms with Crippen molar-refractivity contribution in [3.05, 3.63) is 35.6 Å². The smallest absolute Gasteiger partial charge is 0.123 e. The summed E-state index contributed by atoms with van der Waals surface area (Å²) in [4.78, 5) is 0. The molecule has 1 fully saturated rings. The highest BCUT2D eigenvalue weighted by atomic mass is 19.1. The van der Waals surface area contributed by atoms with Crippen LogP contribution in [0, 0.1) is 17.7 Å². The summed E-state index contributed by atoms with van der Waals surface area (Å²) in [5, 5.41) is 10.4. The van der Waals surface area contributed by atoms with Crippen molar-refractivity contribution in [2.45, 2.75) is 51.6 Å². The summed E-state index contributed by atoms with van der Waals surface area (Å²) < 4.78 is 13.1. The molecule has 3 atom stereocenters. The van der Waals surface area contributed by atoms with Crippen molar-refractivity contribution in [1.82, 2.24) is 0 Å². The molecule has 1 saturated carbocycles. The summed E-state index contributed by atoms with van der Waals surface area (Å²) in [7, 11) is 0. The van der Waals surface area contributed by atoms with Crippen LogP contribution >= 0.6 is 0 Å². The Morgan fingerprint density at radius 3 is 2.83 bits per heavy atom. The number of aliphatic hydroxyl groups excluding tert-OH is 1. The van der Waals surface area contributed by atoms with E-state index in [0.29, 0.717) is 18.3 Å². The Labute approximate surface area is 109 Å². The second kappa shape index (κ2) is 6.33. The maximum absolute atomic E-state index is 13.1. The van der Waals surface area contributed by atoms with Crippen LogP contribution in [-0.2, 0) is 6.42 Å². The summed E-state index contributed by atoms with van der Waals surface area (Å²) in [6.07, 6.45) is 6.28. The normalized spacial score (nSPS) is 25.9. The lowest BCUT2D eigenvalue weighted by atomic mass is 9.74. The van der Waals surface area contributed by atoms with E-state index in [1.54, 1.807) is 6.07 Å². The summed E-state index contributed by atoms with van der Waals surface area (Å²) in [5.41, 5.74) is 0.905. The Balaban J connectivity index is 1.99. The molecule has 0 radical (unpaired) electrons. The highest BCUT2D eigenvalue weighted by Crippen LogP contribution is 2.35. The molecule has 0 spiro atoms. The van der Waals surface area contributed by atoms with E-state index in [2.05, 4.69) is 6.92 Å². The van der Waals surface area contributed by atoms with Gasteiger partial charge in [0.25, 0.3) is 0 Å². The minimum atomic E-state index is -0.322. The first-order chi connectivity index (χ1) is 8.70. The predicted octanol–water partition coefficient (Wildman–Crippen LogP) is 3.95. The molecule has 0 aromatic heterocycles. The van der Waals surface area contributed by atoms with Crippen LogP contribution in [-0.4, -0.2) is 11.2 Å². The van der Waals surface area contributed by atoms with E-state index in [9.17, 15) is 9.50 Å². The minimum absolute atomic E-state index is 0.213. The third-order valence-corrected chi connectivity index (χ3v) is 4.32. The lowest BCUT2D eigenvalue weighted by molar-refractivity contribution is 0.0464. The molecule has 100 valence electrons. The molecule has 0 saturated heterocycles. The zero-order valence-electron chi connectivity index (χ0n) is 11.1. The molecule has 1 aromatic rings. The average molecular weight is 250 g/mol. The van der Waals surface area contributed by atoms with Crippen LogP contribution in [0.15, 0.2) is 24.3 Å². The quantitative estimate of drug-likeness (QED) is 0.858. The van der Waals surface area contributed by atoms with Crippen molar-refractivity contribution < 1.29 is 9.50 Å². The monoisotopic (exact) mass is 250 g/mol. The molecule has 18 heavy (non-hydrogen) atoms. The van der Waals surface area contributed by atoms with E-state index in [4.69, 9.17) is 0 Å². The highest BCUT2D eigenvalue weighted by molar-refractivity contribution is 5.17. The fraction of sp³-hybridized carbons (Fsp3) is 0.625. The number of hydrogen-bond donors (Lipinski definition) is 1. The van der Waals surface area contributed by atoms with Gasteiger partial charge in [0.15, 0.2) is 0 Å². The van der Waals surface area contributed by atoms with Crippen LogP contribution in [0.1, 0.15) is 44.6 Å². The molecular weight excluding hydrogens is 227 g/mol. The molecule has 3 unspecified atom stereocenters. The molecule has 2 heteroatoms. The molecule has 1 nitrogen and oxygen atoms in total. The molecule has 1 N–H and O–H groups in total. The van der Waals surface area contributed by atoms with Crippen molar-refractivity contribution in [2.75, 3.05) is 0 Å². The van der Waals surface area contributed by atoms with E-state index < -0.39 is 0 Å². The number of benzene rings is 1. The maximum Gasteiger partial charge on any atom is 0.123 e. The first kappa shape index (κ1) is 13.5. The van der Waals surface area contributed by atoms with Gasteiger partial charge in [0.2, 0.25) is 0 Å². The molecule has 0 amide bonds. The summed E-state index contributed by atoms with van der Waals surface area (Å²) in [5.74, 6) is 0.824. The number of aliphatic hydroxyl groups is 1. The van der Waals surface area contributed by atoms with Gasteiger partial charge in [-0.05, 0) is 42.4 Å². The number of hydrogen-bond acceptors (Lipinski definition) is 1. The standard InChI is InChI=1S/C16H23FO/c1-2-13-7-3-4-9-15(13)16(18)11-12-6-5-8-14(17)10-12/h5-6,8,10,13,15-16,18H,2-4,7,9,11H2,1H3. The molecule has 1 aromatic carbocycles. The van der Waals surface area contributed by atoms with Crippen LogP contribution in [0.25, 0.3) is 0 Å². The minimum Gasteiger partial charge on any atom is -0.392 e. The average Bonchev–Trinajstić information content (AvgIpc) is 2.38. The van der Waals surface area contributed by atoms with Gasteiger partial charge < -0.3 is 5.11 Å². The van der Waals surface area contributed by atoms with Crippen LogP contribution in [0.3, 0.4) is 0 Å². The summed E-state index contributed by atoms with van der Waals surface area (Å²) in [6, 6.07) is 6.60. The molecule has 1 aliphatic rings. The fourth-order valence-corrected chi connectivity index (χ4v) is 3.31. The van der Waals surface area contributed by atoms with Crippen molar-refractivity contribution in [3.63, 3.8) is 0 Å². The van der Waals surface area contributed by atoms with E-state index in [-0.39, 0.29) is 11.9 Å². The molecular formula is C16H23FO. The zero-order chi connectivity index (χ0) is 13.0. The van der Waals surface area contributed by atoms with Crippen LogP contribution in [0.5, 0.6) is 0 Å². The maximum atomic E-state index is 13.1. The van der Waals surface area contributed by atoms with Gasteiger partial charge in [0.1, 0.15) is 5.82 Å². The van der Waals surface area contributed by atoms with Crippen LogP contribution in [0.4, 0.5) is 4.39 Å². The first-order valence-electron chi connectivity index (χ1n) is 7.13. The lowest BCUT2D eigenvalue weighted by Crippen LogP contribution is -2.32. The predicted molar refractivity (Wildman–Crippen MR) is 71.8 cm³/mol. The molecule has 0 heterocycles. The molecule has 1 aliphatic carbocycles. The third kappa shape index (κ3) is 3.32.